The number of methoxy groups -OCH3 is 4. The van der Waals surface area contributed by atoms with Crippen molar-refractivity contribution in [2.24, 2.45) is 11.8 Å². The number of carbonyl (C=O) groups is 4. The third-order valence-corrected chi connectivity index (χ3v) is 23.1. The summed E-state index contributed by atoms with van der Waals surface area (Å²) in [5, 5.41) is 20.0. The number of carboxylic acids is 1. The Labute approximate surface area is 584 Å². The Bertz CT molecular complexity index is 3290. The summed E-state index contributed by atoms with van der Waals surface area (Å²) in [6.07, 6.45) is 10.6. The first-order valence-electron chi connectivity index (χ1n) is 32.9. The fourth-order valence-corrected chi connectivity index (χ4v) is 12.3. The minimum absolute atomic E-state index is 0. The van der Waals surface area contributed by atoms with Crippen LogP contribution in [0.15, 0.2) is 121 Å². The Balaban J connectivity index is 0.000000426. The van der Waals surface area contributed by atoms with Crippen LogP contribution in [0.25, 0.3) is 12.2 Å². The van der Waals surface area contributed by atoms with Crippen molar-refractivity contribution in [2.75, 3.05) is 48.6 Å². The molecule has 0 spiro atoms. The topological polar surface area (TPSA) is 238 Å². The van der Waals surface area contributed by atoms with Gasteiger partial charge in [0.05, 0.1) is 50.3 Å². The van der Waals surface area contributed by atoms with Crippen molar-refractivity contribution in [3.8, 4) is 23.0 Å². The molecule has 2 saturated heterocycles. The molecular weight excluding hydrogens is 1290 g/mol. The highest BCUT2D eigenvalue weighted by Crippen LogP contribution is 2.40. The number of aliphatic hydroxyl groups is 1. The van der Waals surface area contributed by atoms with Crippen molar-refractivity contribution in [1.29, 1.82) is 0 Å². The highest BCUT2D eigenvalue weighted by atomic mass is 28.4. The molecule has 2 N–H and O–H groups in total. The molecule has 4 aromatic carbocycles. The fourth-order valence-electron chi connectivity index (χ4n) is 10.1. The molecular formula is C76H110O20Si2. The molecule has 0 aliphatic carbocycles. The molecule has 0 saturated carbocycles. The van der Waals surface area contributed by atoms with Crippen molar-refractivity contribution in [2.45, 2.75) is 201 Å². The van der Waals surface area contributed by atoms with Crippen LogP contribution in [0.1, 0.15) is 149 Å². The minimum atomic E-state index is -2.02. The van der Waals surface area contributed by atoms with Crippen LogP contribution in [0.3, 0.4) is 0 Å². The van der Waals surface area contributed by atoms with Crippen LogP contribution in [0.5, 0.6) is 23.0 Å². The van der Waals surface area contributed by atoms with E-state index < -0.39 is 94.6 Å². The van der Waals surface area contributed by atoms with E-state index in [1.54, 1.807) is 119 Å². The lowest BCUT2D eigenvalue weighted by molar-refractivity contribution is -0.153. The first-order chi connectivity index (χ1) is 45.5. The predicted octanol–water partition coefficient (Wildman–Crippen LogP) is 15.7. The van der Waals surface area contributed by atoms with Gasteiger partial charge in [0.25, 0.3) is 0 Å². The van der Waals surface area contributed by atoms with Gasteiger partial charge in [0.2, 0.25) is 0 Å². The Morgan fingerprint density at radius 2 is 1.01 bits per heavy atom. The van der Waals surface area contributed by atoms with Gasteiger partial charge in [-0.3, -0.25) is 0 Å². The Morgan fingerprint density at radius 1 is 0.592 bits per heavy atom. The van der Waals surface area contributed by atoms with E-state index in [1.807, 2.05) is 57.2 Å². The number of esters is 3. The van der Waals surface area contributed by atoms with E-state index in [1.165, 1.54) is 27.4 Å². The average molecular weight is 1400 g/mol. The number of ether oxygens (including phenoxy) is 13. The number of hydrogen-bond acceptors (Lipinski definition) is 19. The number of carboxylic acid groups (broad SMARTS) is 1. The van der Waals surface area contributed by atoms with Gasteiger partial charge in [-0.2, -0.15) is 0 Å². The Kier molecular flexibility index (Phi) is 32.4. The number of hydrogen-bond donors (Lipinski definition) is 2. The number of benzene rings is 4. The van der Waals surface area contributed by atoms with E-state index in [2.05, 4.69) is 67.4 Å². The third-order valence-electron chi connectivity index (χ3n) is 16.8. The molecule has 542 valence electrons. The van der Waals surface area contributed by atoms with E-state index in [4.69, 9.17) is 66.0 Å². The molecule has 22 heteroatoms. The zero-order valence-corrected chi connectivity index (χ0v) is 62.5. The molecule has 0 radical (unpaired) electrons. The van der Waals surface area contributed by atoms with Gasteiger partial charge in [0, 0.05) is 40.5 Å². The summed E-state index contributed by atoms with van der Waals surface area (Å²) in [7, 11) is 2.51. The number of rotatable bonds is 33. The summed E-state index contributed by atoms with van der Waals surface area (Å²) in [5.41, 5.74) is 1.96. The molecule has 0 aromatic heterocycles. The normalized spacial score (nSPS) is 19.6. The zero-order chi connectivity index (χ0) is 72.1. The van der Waals surface area contributed by atoms with E-state index in [0.717, 1.165) is 6.04 Å². The van der Waals surface area contributed by atoms with E-state index >= 15 is 0 Å². The smallest absolute Gasteiger partial charge is 0.342 e. The van der Waals surface area contributed by atoms with Crippen molar-refractivity contribution in [1.82, 2.24) is 0 Å². The quantitative estimate of drug-likeness (QED) is 0.0148. The molecule has 2 aliphatic rings. The van der Waals surface area contributed by atoms with E-state index in [-0.39, 0.29) is 66.6 Å². The number of carbonyl (C=O) groups excluding carboxylic acids is 3. The first-order valence-corrected chi connectivity index (χ1v) is 39.5. The van der Waals surface area contributed by atoms with Crippen LogP contribution in [-0.2, 0) is 47.1 Å². The number of aromatic carboxylic acids is 1. The van der Waals surface area contributed by atoms with E-state index in [9.17, 15) is 29.4 Å². The zero-order valence-electron chi connectivity index (χ0n) is 60.5. The summed E-state index contributed by atoms with van der Waals surface area (Å²) >= 11 is 0. The van der Waals surface area contributed by atoms with Crippen LogP contribution >= 0.6 is 0 Å². The molecule has 2 heterocycles. The molecule has 2 aliphatic heterocycles. The maximum absolute atomic E-state index is 13.6. The van der Waals surface area contributed by atoms with Crippen molar-refractivity contribution >= 4 is 52.4 Å². The number of aliphatic hydroxyl groups excluding tert-OH is 1. The molecule has 0 bridgehead atoms. The van der Waals surface area contributed by atoms with Crippen molar-refractivity contribution in [3.63, 3.8) is 0 Å². The Morgan fingerprint density at radius 3 is 1.40 bits per heavy atom. The van der Waals surface area contributed by atoms with Crippen molar-refractivity contribution in [3.05, 3.63) is 155 Å². The van der Waals surface area contributed by atoms with Gasteiger partial charge < -0.3 is 76.2 Å². The lowest BCUT2D eigenvalue weighted by Crippen LogP contribution is -2.44. The second-order valence-electron chi connectivity index (χ2n) is 27.9. The van der Waals surface area contributed by atoms with Gasteiger partial charge >= 0.3 is 23.9 Å². The average Bonchev–Trinajstić information content (AvgIpc) is 1.47. The van der Waals surface area contributed by atoms with Gasteiger partial charge in [0.1, 0.15) is 58.5 Å². The molecule has 4 aromatic rings. The van der Waals surface area contributed by atoms with Crippen LogP contribution in [0, 0.1) is 11.8 Å². The SMILES string of the molecule is C.COCOc1cc(OC)cc(/C=C/C[C@@H]2OC(C)(C)O[C@@H]2C(/C=C\[C@H](C)[C@H](C)O)OC(=O)c2ccccc2)c1C(=O)O.COCOc1cc(OC)cc(/C=C/C[C@@H]2OC(C)(C)O[C@@H]2C(/C=C\[C@H](C)[C@H](C)O[Si](C)(C)C(C)(C)C)OC(=O)c2ccccc2)c1C(=O)OCC[Si](C)(C)C. The van der Waals surface area contributed by atoms with Gasteiger partial charge in [-0.05, 0) is 150 Å². The summed E-state index contributed by atoms with van der Waals surface area (Å²) in [5.74, 6) is -3.46. The third kappa shape index (κ3) is 25.6. The Hall–Kier alpha value is -6.97. The molecule has 0 amide bonds. The largest absolute Gasteiger partial charge is 0.497 e. The molecule has 2 fully saturated rings. The molecule has 6 rings (SSSR count). The lowest BCUT2D eigenvalue weighted by Gasteiger charge is -2.39. The maximum atomic E-state index is 13.6. The first kappa shape index (κ1) is 83.5. The predicted molar refractivity (Wildman–Crippen MR) is 385 cm³/mol. The van der Waals surface area contributed by atoms with Crippen molar-refractivity contribution < 1.29 is 95.4 Å². The fraction of sp³-hybridized carbons (Fsp3) is 0.526. The molecule has 20 nitrogen and oxygen atoms in total. The monoisotopic (exact) mass is 1400 g/mol. The van der Waals surface area contributed by atoms with Gasteiger partial charge in [-0.1, -0.05) is 135 Å². The summed E-state index contributed by atoms with van der Waals surface area (Å²) in [6, 6.07) is 24.9. The van der Waals surface area contributed by atoms with Crippen LogP contribution in [0.2, 0.25) is 43.8 Å². The summed E-state index contributed by atoms with van der Waals surface area (Å²) < 4.78 is 82.2. The highest BCUT2D eigenvalue weighted by molar-refractivity contribution is 6.76. The summed E-state index contributed by atoms with van der Waals surface area (Å²) in [6.45, 7) is 32.9. The maximum Gasteiger partial charge on any atom is 0.342 e. The van der Waals surface area contributed by atoms with Gasteiger partial charge in [0.15, 0.2) is 33.5 Å². The minimum Gasteiger partial charge on any atom is -0.497 e. The standard InChI is InChI=1S/C43H66O10Si2.C32H40O10.CH4/c1-30(31(2)53-55(13,14)42(3,4)5)23-24-35(50-40(44)32-19-16-15-17-20-32)39-36(51-43(6,7)52-39)22-18-21-33-27-34(47-9)28-37(49-29-46-8)38(33)41(45)48-25-26-54(10,11)12;1-20(21(2)33)15-16-25(40-31(36)22-11-8-7-9-12-22)29-26(41-32(3,4)42-29)14-10-13-23-17-24(38-6)18-27(39-19-37-5)28(23)30(34)35;/h15-21,23-24,27-28,30-31,35-36,39H,22,25-26,29H2,1-14H3;7-13,15-18,20-21,25-26,29,33H,14,19H2,1-6H3,(H,34,35);1H4/b21-18+,24-23-;13-10+,16-15-;/t30-,31-,35?,36-,39+;20-,21-,25?,26-,29+;/m00./s1. The van der Waals surface area contributed by atoms with Crippen LogP contribution < -0.4 is 18.9 Å². The van der Waals surface area contributed by atoms with Gasteiger partial charge in [-0.25, -0.2) is 19.2 Å². The van der Waals surface area contributed by atoms with Crippen LogP contribution in [-0.4, -0.2) is 160 Å². The second-order valence-corrected chi connectivity index (χ2v) is 38.2. The van der Waals surface area contributed by atoms with Crippen LogP contribution in [0.4, 0.5) is 0 Å². The van der Waals surface area contributed by atoms with E-state index in [0.29, 0.717) is 53.2 Å². The molecule has 2 unspecified atom stereocenters. The lowest BCUT2D eigenvalue weighted by atomic mass is 9.99. The summed E-state index contributed by atoms with van der Waals surface area (Å²) in [4.78, 5) is 52.2. The molecule has 98 heavy (non-hydrogen) atoms. The van der Waals surface area contributed by atoms with Gasteiger partial charge in [-0.15, -0.1) is 0 Å². The highest BCUT2D eigenvalue weighted by Gasteiger charge is 2.47. The molecule has 10 atom stereocenters. The second kappa shape index (κ2) is 38.0.